The van der Waals surface area contributed by atoms with Crippen molar-refractivity contribution in [2.45, 2.75) is 38.8 Å². The summed E-state index contributed by atoms with van der Waals surface area (Å²) in [6.45, 7) is 9.80. The van der Waals surface area contributed by atoms with Crippen LogP contribution in [-0.4, -0.2) is 47.5 Å². The number of alkyl carbamates (subject to hydrolysis) is 1. The van der Waals surface area contributed by atoms with Gasteiger partial charge in [-0.1, -0.05) is 6.58 Å². The maximum Gasteiger partial charge on any atom is 0.407 e. The van der Waals surface area contributed by atoms with Crippen LogP contribution in [0.4, 0.5) is 10.5 Å². The van der Waals surface area contributed by atoms with Crippen molar-refractivity contribution in [1.29, 1.82) is 0 Å². The van der Waals surface area contributed by atoms with Crippen LogP contribution in [0.3, 0.4) is 0 Å². The lowest BCUT2D eigenvalue weighted by atomic mass is 10.2. The molecule has 1 aliphatic rings. The third-order valence-electron chi connectivity index (χ3n) is 3.78. The third-order valence-corrected chi connectivity index (χ3v) is 3.78. The van der Waals surface area contributed by atoms with Crippen molar-refractivity contribution in [3.05, 3.63) is 42.5 Å². The summed E-state index contributed by atoms with van der Waals surface area (Å²) in [6.07, 6.45) is 1.39. The lowest BCUT2D eigenvalue weighted by Crippen LogP contribution is -2.41. The molecule has 3 amide bonds. The lowest BCUT2D eigenvalue weighted by Gasteiger charge is -2.22. The second-order valence-corrected chi connectivity index (χ2v) is 7.15. The Bertz CT molecular complexity index is 692. The minimum atomic E-state index is -0.555. The van der Waals surface area contributed by atoms with Crippen molar-refractivity contribution >= 4 is 23.6 Å². The molecule has 0 bridgehead atoms. The van der Waals surface area contributed by atoms with Crippen LogP contribution in [0.15, 0.2) is 36.9 Å². The largest absolute Gasteiger partial charge is 0.444 e. The molecule has 7 nitrogen and oxygen atoms in total. The zero-order valence-corrected chi connectivity index (χ0v) is 15.4. The Hall–Kier alpha value is -2.83. The van der Waals surface area contributed by atoms with Gasteiger partial charge in [-0.2, -0.15) is 0 Å². The molecular formula is C19H25N3O4. The van der Waals surface area contributed by atoms with E-state index in [0.29, 0.717) is 30.8 Å². The molecule has 1 fully saturated rings. The first-order chi connectivity index (χ1) is 12.2. The number of benzene rings is 1. The van der Waals surface area contributed by atoms with Gasteiger partial charge in [0, 0.05) is 24.3 Å². The first-order valence-corrected chi connectivity index (χ1v) is 8.50. The van der Waals surface area contributed by atoms with Gasteiger partial charge in [0.25, 0.3) is 5.91 Å². The minimum absolute atomic E-state index is 0.111. The Morgan fingerprint density at radius 3 is 2.46 bits per heavy atom. The minimum Gasteiger partial charge on any atom is -0.444 e. The smallest absolute Gasteiger partial charge is 0.407 e. The van der Waals surface area contributed by atoms with Gasteiger partial charge in [-0.25, -0.2) is 4.79 Å². The van der Waals surface area contributed by atoms with Gasteiger partial charge in [-0.15, -0.1) is 0 Å². The SMILES string of the molecule is C=CC(=O)Nc1ccc(C(=O)N2CC[C@H](NC(=O)OC(C)(C)C)C2)cc1. The topological polar surface area (TPSA) is 87.7 Å². The summed E-state index contributed by atoms with van der Waals surface area (Å²) in [6, 6.07) is 6.54. The number of likely N-dealkylation sites (tertiary alicyclic amines) is 1. The summed E-state index contributed by atoms with van der Waals surface area (Å²) in [5.74, 6) is -0.417. The summed E-state index contributed by atoms with van der Waals surface area (Å²) < 4.78 is 5.24. The van der Waals surface area contributed by atoms with E-state index in [1.807, 2.05) is 0 Å². The Balaban J connectivity index is 1.89. The van der Waals surface area contributed by atoms with E-state index < -0.39 is 11.7 Å². The first kappa shape index (κ1) is 19.5. The van der Waals surface area contributed by atoms with Crippen molar-refractivity contribution in [2.75, 3.05) is 18.4 Å². The molecule has 2 rings (SSSR count). The molecule has 0 unspecified atom stereocenters. The molecule has 2 N–H and O–H groups in total. The maximum atomic E-state index is 12.6. The van der Waals surface area contributed by atoms with Gasteiger partial charge in [0.15, 0.2) is 0 Å². The van der Waals surface area contributed by atoms with E-state index in [0.717, 1.165) is 0 Å². The van der Waals surface area contributed by atoms with Crippen LogP contribution in [0.2, 0.25) is 0 Å². The van der Waals surface area contributed by atoms with Crippen molar-refractivity contribution in [3.63, 3.8) is 0 Å². The highest BCUT2D eigenvalue weighted by atomic mass is 16.6. The highest BCUT2D eigenvalue weighted by Crippen LogP contribution is 2.17. The van der Waals surface area contributed by atoms with Crippen molar-refractivity contribution in [2.24, 2.45) is 0 Å². The fourth-order valence-corrected chi connectivity index (χ4v) is 2.61. The monoisotopic (exact) mass is 359 g/mol. The van der Waals surface area contributed by atoms with Gasteiger partial charge in [0.1, 0.15) is 5.60 Å². The average Bonchev–Trinajstić information content (AvgIpc) is 3.01. The molecule has 140 valence electrons. The fourth-order valence-electron chi connectivity index (χ4n) is 2.61. The Kier molecular flexibility index (Phi) is 6.02. The van der Waals surface area contributed by atoms with E-state index in [4.69, 9.17) is 4.74 Å². The number of ether oxygens (including phenoxy) is 1. The molecule has 1 saturated heterocycles. The van der Waals surface area contributed by atoms with Crippen molar-refractivity contribution in [1.82, 2.24) is 10.2 Å². The molecule has 1 atom stereocenters. The molecule has 0 aliphatic carbocycles. The number of nitrogens with zero attached hydrogens (tertiary/aromatic N) is 1. The number of amides is 3. The highest BCUT2D eigenvalue weighted by molar-refractivity contribution is 5.99. The first-order valence-electron chi connectivity index (χ1n) is 8.50. The Morgan fingerprint density at radius 1 is 1.23 bits per heavy atom. The van der Waals surface area contributed by atoms with Gasteiger partial charge in [-0.3, -0.25) is 9.59 Å². The van der Waals surface area contributed by atoms with Crippen molar-refractivity contribution in [3.8, 4) is 0 Å². The van der Waals surface area contributed by atoms with Gasteiger partial charge < -0.3 is 20.3 Å². The van der Waals surface area contributed by atoms with Crippen LogP contribution < -0.4 is 10.6 Å². The normalized spacial score (nSPS) is 16.7. The molecule has 26 heavy (non-hydrogen) atoms. The van der Waals surface area contributed by atoms with E-state index in [2.05, 4.69) is 17.2 Å². The predicted molar refractivity (Wildman–Crippen MR) is 98.9 cm³/mol. The number of rotatable bonds is 4. The fraction of sp³-hybridized carbons (Fsp3) is 0.421. The second kappa shape index (κ2) is 8.03. The van der Waals surface area contributed by atoms with Crippen LogP contribution in [0, 0.1) is 0 Å². The Morgan fingerprint density at radius 2 is 1.88 bits per heavy atom. The molecular weight excluding hydrogens is 334 g/mol. The van der Waals surface area contributed by atoms with Crippen LogP contribution in [0.5, 0.6) is 0 Å². The summed E-state index contributed by atoms with van der Waals surface area (Å²) in [5, 5.41) is 5.43. The summed E-state index contributed by atoms with van der Waals surface area (Å²) in [4.78, 5) is 37.4. The van der Waals surface area contributed by atoms with Crippen LogP contribution in [0.25, 0.3) is 0 Å². The molecule has 7 heteroatoms. The summed E-state index contributed by atoms with van der Waals surface area (Å²) in [7, 11) is 0. The zero-order chi connectivity index (χ0) is 19.3. The summed E-state index contributed by atoms with van der Waals surface area (Å²) in [5.41, 5.74) is 0.567. The number of anilines is 1. The predicted octanol–water partition coefficient (Wildman–Crippen LogP) is 2.55. The highest BCUT2D eigenvalue weighted by Gasteiger charge is 2.29. The number of hydrogen-bond donors (Lipinski definition) is 2. The van der Waals surface area contributed by atoms with Gasteiger partial charge in [0.2, 0.25) is 5.91 Å². The van der Waals surface area contributed by atoms with Crippen molar-refractivity contribution < 1.29 is 19.1 Å². The second-order valence-electron chi connectivity index (χ2n) is 7.15. The number of hydrogen-bond acceptors (Lipinski definition) is 4. The molecule has 1 aliphatic heterocycles. The van der Waals surface area contributed by atoms with E-state index in [1.165, 1.54) is 6.08 Å². The van der Waals surface area contributed by atoms with E-state index >= 15 is 0 Å². The maximum absolute atomic E-state index is 12.6. The van der Waals surface area contributed by atoms with Crippen LogP contribution in [0.1, 0.15) is 37.6 Å². The molecule has 0 spiro atoms. The van der Waals surface area contributed by atoms with E-state index in [-0.39, 0.29) is 17.9 Å². The summed E-state index contributed by atoms with van der Waals surface area (Å²) >= 11 is 0. The van der Waals surface area contributed by atoms with Gasteiger partial charge >= 0.3 is 6.09 Å². The third kappa shape index (κ3) is 5.61. The number of carbonyl (C=O) groups is 3. The van der Waals surface area contributed by atoms with Crippen LogP contribution >= 0.6 is 0 Å². The molecule has 0 aromatic heterocycles. The molecule has 1 aromatic rings. The average molecular weight is 359 g/mol. The number of nitrogens with one attached hydrogen (secondary N) is 2. The molecule has 1 heterocycles. The zero-order valence-electron chi connectivity index (χ0n) is 15.4. The number of carbonyl (C=O) groups excluding carboxylic acids is 3. The van der Waals surface area contributed by atoms with Crippen LogP contribution in [-0.2, 0) is 9.53 Å². The molecule has 1 aromatic carbocycles. The molecule has 0 radical (unpaired) electrons. The van der Waals surface area contributed by atoms with Gasteiger partial charge in [-0.05, 0) is 57.5 Å². The van der Waals surface area contributed by atoms with E-state index in [9.17, 15) is 14.4 Å². The quantitative estimate of drug-likeness (QED) is 0.809. The lowest BCUT2D eigenvalue weighted by molar-refractivity contribution is -0.111. The van der Waals surface area contributed by atoms with Gasteiger partial charge in [0.05, 0.1) is 6.04 Å². The van der Waals surface area contributed by atoms with E-state index in [1.54, 1.807) is 49.9 Å². The molecule has 0 saturated carbocycles. The standard InChI is InChI=1S/C19H25N3O4/c1-5-16(23)20-14-8-6-13(7-9-14)17(24)22-11-10-15(12-22)21-18(25)26-19(2,3)4/h5-9,15H,1,10-12H2,2-4H3,(H,20,23)(H,21,25)/t15-/m0/s1. The Labute approximate surface area is 153 Å².